The number of fused-ring (bicyclic) bond motifs is 1. The predicted molar refractivity (Wildman–Crippen MR) is 131 cm³/mol. The molecule has 2 aromatic heterocycles. The maximum atomic E-state index is 12.5. The van der Waals surface area contributed by atoms with Crippen LogP contribution in [0.5, 0.6) is 0 Å². The summed E-state index contributed by atoms with van der Waals surface area (Å²) in [4.78, 5) is 17.4. The monoisotopic (exact) mass is 446 g/mol. The zero-order valence-electron chi connectivity index (χ0n) is 19.1. The average Bonchev–Trinajstić information content (AvgIpc) is 3.07. The lowest BCUT2D eigenvalue weighted by Gasteiger charge is -2.12. The minimum absolute atomic E-state index is 0.0335. The molecule has 0 radical (unpaired) electrons. The van der Waals surface area contributed by atoms with Crippen LogP contribution in [0, 0.1) is 34.6 Å². The Hall–Kier alpha value is -3.18. The van der Waals surface area contributed by atoms with E-state index in [1.807, 2.05) is 18.5 Å². The van der Waals surface area contributed by atoms with E-state index in [0.717, 1.165) is 44.9 Å². The van der Waals surface area contributed by atoms with Gasteiger partial charge in [0, 0.05) is 28.2 Å². The van der Waals surface area contributed by atoms with Crippen molar-refractivity contribution in [2.75, 3.05) is 5.32 Å². The molecule has 0 bridgehead atoms. The number of benzene rings is 2. The Bertz CT molecular complexity index is 1320. The molecule has 0 aliphatic carbocycles. The summed E-state index contributed by atoms with van der Waals surface area (Å²) in [6.45, 7) is 10.3. The van der Waals surface area contributed by atoms with E-state index < -0.39 is 0 Å². The number of rotatable bonds is 5. The lowest BCUT2D eigenvalue weighted by atomic mass is 9.99. The van der Waals surface area contributed by atoms with Crippen LogP contribution in [0.3, 0.4) is 0 Å². The van der Waals surface area contributed by atoms with Crippen molar-refractivity contribution in [3.8, 4) is 5.69 Å². The molecule has 2 aromatic carbocycles. The van der Waals surface area contributed by atoms with Crippen molar-refractivity contribution in [2.24, 2.45) is 0 Å². The molecule has 0 saturated heterocycles. The maximum absolute atomic E-state index is 12.5. The topological polar surface area (TPSA) is 59.8 Å². The summed E-state index contributed by atoms with van der Waals surface area (Å²) < 4.78 is 1.92. The molecule has 5 nitrogen and oxygen atoms in total. The molecule has 4 aromatic rings. The number of nitrogens with one attached hydrogen (secondary N) is 1. The highest BCUT2D eigenvalue weighted by Crippen LogP contribution is 2.29. The van der Waals surface area contributed by atoms with Crippen molar-refractivity contribution in [1.29, 1.82) is 0 Å². The van der Waals surface area contributed by atoms with Crippen LogP contribution < -0.4 is 5.32 Å². The number of pyridine rings is 1. The second-order valence-electron chi connectivity index (χ2n) is 8.32. The summed E-state index contributed by atoms with van der Waals surface area (Å²) in [5.41, 5.74) is 9.19. The van der Waals surface area contributed by atoms with Gasteiger partial charge in [-0.25, -0.2) is 9.67 Å². The first kappa shape index (κ1) is 22.0. The van der Waals surface area contributed by atoms with Crippen molar-refractivity contribution in [2.45, 2.75) is 47.5 Å². The zero-order chi connectivity index (χ0) is 23.0. The standard InChI is InChI=1S/C26H27ClN4O/c1-15-6-11-22(14-16(15)2)31-26-25(19(5)30-31)17(3)23(18(4)28-26)12-13-24(32)29-21-9-7-20(27)8-10-21/h6-11,14H,12-13H2,1-5H3,(H,29,32). The van der Waals surface area contributed by atoms with E-state index in [0.29, 0.717) is 17.9 Å². The quantitative estimate of drug-likeness (QED) is 0.397. The molecule has 0 aliphatic heterocycles. The molecule has 0 aliphatic rings. The van der Waals surface area contributed by atoms with Crippen LogP contribution in [0.4, 0.5) is 5.69 Å². The van der Waals surface area contributed by atoms with Gasteiger partial charge in [0.25, 0.3) is 0 Å². The Balaban J connectivity index is 1.62. The Labute approximate surface area is 193 Å². The lowest BCUT2D eigenvalue weighted by Crippen LogP contribution is -2.13. The highest BCUT2D eigenvalue weighted by Gasteiger charge is 2.18. The maximum Gasteiger partial charge on any atom is 0.224 e. The summed E-state index contributed by atoms with van der Waals surface area (Å²) in [6.07, 6.45) is 0.996. The first-order valence-electron chi connectivity index (χ1n) is 10.7. The molecule has 0 unspecified atom stereocenters. The average molecular weight is 447 g/mol. The number of hydrogen-bond acceptors (Lipinski definition) is 3. The molecule has 164 valence electrons. The number of aryl methyl sites for hydroxylation is 5. The van der Waals surface area contributed by atoms with Crippen LogP contribution in [-0.2, 0) is 11.2 Å². The van der Waals surface area contributed by atoms with Gasteiger partial charge in [0.05, 0.1) is 11.4 Å². The number of aromatic nitrogens is 3. The smallest absolute Gasteiger partial charge is 0.224 e. The van der Waals surface area contributed by atoms with E-state index in [2.05, 4.69) is 44.3 Å². The van der Waals surface area contributed by atoms with Gasteiger partial charge in [-0.2, -0.15) is 5.10 Å². The largest absolute Gasteiger partial charge is 0.326 e. The summed E-state index contributed by atoms with van der Waals surface area (Å²) in [5.74, 6) is -0.0335. The molecule has 0 saturated carbocycles. The second kappa shape index (κ2) is 8.75. The van der Waals surface area contributed by atoms with Crippen LogP contribution in [-0.4, -0.2) is 20.7 Å². The summed E-state index contributed by atoms with van der Waals surface area (Å²) in [5, 5.41) is 9.43. The molecular formula is C26H27ClN4O. The molecule has 6 heteroatoms. The third-order valence-corrected chi connectivity index (χ3v) is 6.29. The minimum atomic E-state index is -0.0335. The third kappa shape index (κ3) is 4.26. The molecular weight excluding hydrogens is 420 g/mol. The van der Waals surface area contributed by atoms with E-state index in [9.17, 15) is 4.79 Å². The van der Waals surface area contributed by atoms with Crippen molar-refractivity contribution >= 4 is 34.2 Å². The molecule has 0 atom stereocenters. The normalized spacial score (nSPS) is 11.2. The highest BCUT2D eigenvalue weighted by atomic mass is 35.5. The van der Waals surface area contributed by atoms with Crippen LogP contribution >= 0.6 is 11.6 Å². The first-order valence-corrected chi connectivity index (χ1v) is 11.1. The van der Waals surface area contributed by atoms with Crippen LogP contribution in [0.2, 0.25) is 5.02 Å². The number of carbonyl (C=O) groups is 1. The fourth-order valence-corrected chi connectivity index (χ4v) is 4.23. The van der Waals surface area contributed by atoms with Crippen LogP contribution in [0.1, 0.15) is 40.1 Å². The fraction of sp³-hybridized carbons (Fsp3) is 0.269. The fourth-order valence-electron chi connectivity index (χ4n) is 4.11. The van der Waals surface area contributed by atoms with Crippen molar-refractivity contribution in [3.05, 3.63) is 81.1 Å². The SMILES string of the molecule is Cc1ccc(-n2nc(C)c3c(C)c(CCC(=O)Nc4ccc(Cl)cc4)c(C)nc32)cc1C. The molecule has 1 amide bonds. The van der Waals surface area contributed by atoms with Gasteiger partial charge in [-0.1, -0.05) is 17.7 Å². The Morgan fingerprint density at radius 3 is 2.38 bits per heavy atom. The Morgan fingerprint density at radius 1 is 0.969 bits per heavy atom. The first-order chi connectivity index (χ1) is 15.2. The molecule has 32 heavy (non-hydrogen) atoms. The van der Waals surface area contributed by atoms with E-state index >= 15 is 0 Å². The van der Waals surface area contributed by atoms with Gasteiger partial charge in [0.2, 0.25) is 5.91 Å². The number of halogens is 1. The molecule has 4 rings (SSSR count). The van der Waals surface area contributed by atoms with Crippen molar-refractivity contribution in [3.63, 3.8) is 0 Å². The minimum Gasteiger partial charge on any atom is -0.326 e. The predicted octanol–water partition coefficient (Wildman–Crippen LogP) is 6.19. The molecule has 0 spiro atoms. The van der Waals surface area contributed by atoms with Gasteiger partial charge in [0.1, 0.15) is 0 Å². The number of amides is 1. The van der Waals surface area contributed by atoms with Gasteiger partial charge < -0.3 is 5.32 Å². The van der Waals surface area contributed by atoms with Gasteiger partial charge in [-0.3, -0.25) is 4.79 Å². The van der Waals surface area contributed by atoms with Crippen molar-refractivity contribution in [1.82, 2.24) is 14.8 Å². The van der Waals surface area contributed by atoms with Gasteiger partial charge in [-0.15, -0.1) is 0 Å². The number of nitrogens with zero attached hydrogens (tertiary/aromatic N) is 3. The summed E-state index contributed by atoms with van der Waals surface area (Å²) >= 11 is 5.91. The van der Waals surface area contributed by atoms with Gasteiger partial charge in [-0.05, 0) is 99.7 Å². The lowest BCUT2D eigenvalue weighted by molar-refractivity contribution is -0.116. The Kier molecular flexibility index (Phi) is 6.02. The number of anilines is 1. The van der Waals surface area contributed by atoms with E-state index in [4.69, 9.17) is 21.7 Å². The van der Waals surface area contributed by atoms with Gasteiger partial charge >= 0.3 is 0 Å². The van der Waals surface area contributed by atoms with E-state index in [1.54, 1.807) is 24.3 Å². The van der Waals surface area contributed by atoms with Gasteiger partial charge in [0.15, 0.2) is 5.65 Å². The van der Waals surface area contributed by atoms with Crippen LogP contribution in [0.15, 0.2) is 42.5 Å². The number of carbonyl (C=O) groups excluding carboxylic acids is 1. The molecule has 2 heterocycles. The van der Waals surface area contributed by atoms with E-state index in [1.165, 1.54) is 11.1 Å². The molecule has 1 N–H and O–H groups in total. The summed E-state index contributed by atoms with van der Waals surface area (Å²) in [7, 11) is 0. The number of hydrogen-bond donors (Lipinski definition) is 1. The Morgan fingerprint density at radius 2 is 1.69 bits per heavy atom. The molecule has 0 fully saturated rings. The summed E-state index contributed by atoms with van der Waals surface area (Å²) in [6, 6.07) is 13.5. The second-order valence-corrected chi connectivity index (χ2v) is 8.76. The van der Waals surface area contributed by atoms with Crippen LogP contribution in [0.25, 0.3) is 16.7 Å². The van der Waals surface area contributed by atoms with E-state index in [-0.39, 0.29) is 5.91 Å². The third-order valence-electron chi connectivity index (χ3n) is 6.04. The van der Waals surface area contributed by atoms with Crippen molar-refractivity contribution < 1.29 is 4.79 Å². The highest BCUT2D eigenvalue weighted by molar-refractivity contribution is 6.30. The zero-order valence-corrected chi connectivity index (χ0v) is 19.8.